The first-order valence-corrected chi connectivity index (χ1v) is 6.15. The zero-order valence-corrected chi connectivity index (χ0v) is 10.2. The Morgan fingerprint density at radius 3 is 3.18 bits per heavy atom. The van der Waals surface area contributed by atoms with Crippen LogP contribution in [-0.2, 0) is 4.74 Å². The van der Waals surface area contributed by atoms with E-state index in [-0.39, 0.29) is 6.10 Å². The highest BCUT2D eigenvalue weighted by atomic mass is 16.5. The van der Waals surface area contributed by atoms with Crippen LogP contribution in [0.25, 0.3) is 0 Å². The van der Waals surface area contributed by atoms with E-state index in [9.17, 15) is 0 Å². The van der Waals surface area contributed by atoms with Crippen LogP contribution in [0, 0.1) is 0 Å². The normalized spacial score (nSPS) is 18.5. The lowest BCUT2D eigenvalue weighted by Gasteiger charge is -2.20. The fourth-order valence-electron chi connectivity index (χ4n) is 1.83. The van der Waals surface area contributed by atoms with Gasteiger partial charge in [0.15, 0.2) is 0 Å². The Labute approximate surface area is 102 Å². The predicted molar refractivity (Wildman–Crippen MR) is 69.3 cm³/mol. The molecule has 0 saturated heterocycles. The third-order valence-corrected chi connectivity index (χ3v) is 2.70. The molecule has 0 amide bonds. The van der Waals surface area contributed by atoms with Crippen LogP contribution in [0.4, 0.5) is 5.69 Å². The molecule has 1 aliphatic heterocycles. The van der Waals surface area contributed by atoms with Gasteiger partial charge in [-0.15, -0.1) is 0 Å². The summed E-state index contributed by atoms with van der Waals surface area (Å²) in [6, 6.07) is 8.02. The summed E-state index contributed by atoms with van der Waals surface area (Å²) in [6.45, 7) is 3.52. The Balaban J connectivity index is 1.85. The Morgan fingerprint density at radius 2 is 2.41 bits per heavy atom. The molecule has 92 valence electrons. The summed E-state index contributed by atoms with van der Waals surface area (Å²) in [5.74, 6) is 0.905. The Hall–Kier alpha value is -1.64. The van der Waals surface area contributed by atoms with E-state index in [1.54, 1.807) is 6.26 Å². The van der Waals surface area contributed by atoms with E-state index in [1.165, 1.54) is 0 Å². The van der Waals surface area contributed by atoms with Crippen molar-refractivity contribution in [1.29, 1.82) is 0 Å². The second kappa shape index (κ2) is 6.18. The zero-order valence-electron chi connectivity index (χ0n) is 10.2. The van der Waals surface area contributed by atoms with Crippen molar-refractivity contribution in [3.05, 3.63) is 36.6 Å². The average Bonchev–Trinajstić information content (AvgIpc) is 2.39. The summed E-state index contributed by atoms with van der Waals surface area (Å²) in [5, 5.41) is 3.37. The topological polar surface area (TPSA) is 30.5 Å². The van der Waals surface area contributed by atoms with E-state index in [0.29, 0.717) is 6.61 Å². The number of hydrogen-bond donors (Lipinski definition) is 1. The molecule has 1 aliphatic rings. The molecule has 3 heteroatoms. The fourth-order valence-corrected chi connectivity index (χ4v) is 1.83. The number of nitrogens with one attached hydrogen (secondary N) is 1. The molecule has 1 aromatic rings. The summed E-state index contributed by atoms with van der Waals surface area (Å²) < 4.78 is 11.0. The van der Waals surface area contributed by atoms with Gasteiger partial charge in [-0.1, -0.05) is 6.07 Å². The minimum atomic E-state index is 0.274. The Morgan fingerprint density at radius 1 is 1.47 bits per heavy atom. The van der Waals surface area contributed by atoms with Crippen LogP contribution in [0.5, 0.6) is 5.75 Å². The monoisotopic (exact) mass is 233 g/mol. The molecule has 1 N–H and O–H groups in total. The summed E-state index contributed by atoms with van der Waals surface area (Å²) in [4.78, 5) is 0. The number of hydrogen-bond acceptors (Lipinski definition) is 3. The van der Waals surface area contributed by atoms with Crippen molar-refractivity contribution in [3.63, 3.8) is 0 Å². The van der Waals surface area contributed by atoms with Gasteiger partial charge in [0.05, 0.1) is 19.4 Å². The Bertz CT molecular complexity index is 376. The van der Waals surface area contributed by atoms with Crippen molar-refractivity contribution in [2.45, 2.75) is 25.9 Å². The van der Waals surface area contributed by atoms with Gasteiger partial charge in [-0.05, 0) is 38.0 Å². The van der Waals surface area contributed by atoms with Gasteiger partial charge in [-0.2, -0.15) is 0 Å². The van der Waals surface area contributed by atoms with Crippen LogP contribution in [0.2, 0.25) is 0 Å². The number of anilines is 1. The summed E-state index contributed by atoms with van der Waals surface area (Å²) in [7, 11) is 0. The highest BCUT2D eigenvalue weighted by Crippen LogP contribution is 2.18. The molecule has 1 heterocycles. The molecular weight excluding hydrogens is 214 g/mol. The zero-order chi connectivity index (χ0) is 11.9. The summed E-state index contributed by atoms with van der Waals surface area (Å²) in [5.41, 5.74) is 1.08. The molecule has 3 nitrogen and oxygen atoms in total. The first-order valence-electron chi connectivity index (χ1n) is 6.15. The maximum absolute atomic E-state index is 5.50. The first-order chi connectivity index (χ1) is 8.38. The molecule has 1 aromatic carbocycles. The molecule has 0 spiro atoms. The number of rotatable bonds is 5. The minimum Gasteiger partial charge on any atom is -0.497 e. The van der Waals surface area contributed by atoms with Crippen molar-refractivity contribution in [3.8, 4) is 5.75 Å². The Kier molecular flexibility index (Phi) is 4.30. The fraction of sp³-hybridized carbons (Fsp3) is 0.429. The van der Waals surface area contributed by atoms with Crippen molar-refractivity contribution in [2.75, 3.05) is 18.5 Å². The SMILES string of the molecule is CCOc1cccc(NCC2CCC=CO2)c1. The van der Waals surface area contributed by atoms with Crippen LogP contribution in [0.15, 0.2) is 36.6 Å². The largest absolute Gasteiger partial charge is 0.497 e. The minimum absolute atomic E-state index is 0.274. The van der Waals surface area contributed by atoms with Gasteiger partial charge in [-0.25, -0.2) is 0 Å². The van der Waals surface area contributed by atoms with Gasteiger partial charge in [0, 0.05) is 11.8 Å². The molecule has 0 bridgehead atoms. The van der Waals surface area contributed by atoms with E-state index in [0.717, 1.165) is 30.8 Å². The summed E-state index contributed by atoms with van der Waals surface area (Å²) in [6.07, 6.45) is 6.31. The highest BCUT2D eigenvalue weighted by molar-refractivity contribution is 5.48. The van der Waals surface area contributed by atoms with Crippen LogP contribution >= 0.6 is 0 Å². The lowest BCUT2D eigenvalue weighted by atomic mass is 10.1. The molecule has 1 unspecified atom stereocenters. The van der Waals surface area contributed by atoms with E-state index < -0.39 is 0 Å². The maximum atomic E-state index is 5.50. The van der Waals surface area contributed by atoms with Gasteiger partial charge in [0.1, 0.15) is 11.9 Å². The van der Waals surface area contributed by atoms with Gasteiger partial charge < -0.3 is 14.8 Å². The smallest absolute Gasteiger partial charge is 0.121 e. The van der Waals surface area contributed by atoms with E-state index >= 15 is 0 Å². The van der Waals surface area contributed by atoms with E-state index in [2.05, 4.69) is 11.4 Å². The molecule has 0 radical (unpaired) electrons. The van der Waals surface area contributed by atoms with Gasteiger partial charge in [0.25, 0.3) is 0 Å². The van der Waals surface area contributed by atoms with Crippen LogP contribution < -0.4 is 10.1 Å². The number of ether oxygens (including phenoxy) is 2. The van der Waals surface area contributed by atoms with E-state index in [4.69, 9.17) is 9.47 Å². The van der Waals surface area contributed by atoms with Gasteiger partial charge in [0.2, 0.25) is 0 Å². The van der Waals surface area contributed by atoms with Crippen molar-refractivity contribution in [2.24, 2.45) is 0 Å². The third-order valence-electron chi connectivity index (χ3n) is 2.70. The molecule has 17 heavy (non-hydrogen) atoms. The quantitative estimate of drug-likeness (QED) is 0.847. The van der Waals surface area contributed by atoms with Crippen molar-refractivity contribution in [1.82, 2.24) is 0 Å². The third kappa shape index (κ3) is 3.70. The number of allylic oxidation sites excluding steroid dienone is 1. The van der Waals surface area contributed by atoms with E-state index in [1.807, 2.05) is 31.2 Å². The van der Waals surface area contributed by atoms with Gasteiger partial charge >= 0.3 is 0 Å². The standard InChI is InChI=1S/C14H19NO2/c1-2-16-13-8-5-6-12(10-13)15-11-14-7-3-4-9-17-14/h4-6,8-10,14-15H,2-3,7,11H2,1H3. The molecule has 2 rings (SSSR count). The molecule has 0 fully saturated rings. The predicted octanol–water partition coefficient (Wildman–Crippen LogP) is 3.19. The lowest BCUT2D eigenvalue weighted by Crippen LogP contribution is -2.22. The second-order valence-electron chi connectivity index (χ2n) is 4.05. The summed E-state index contributed by atoms with van der Waals surface area (Å²) >= 11 is 0. The van der Waals surface area contributed by atoms with Crippen LogP contribution in [0.1, 0.15) is 19.8 Å². The molecule has 0 aromatic heterocycles. The first kappa shape index (κ1) is 11.8. The maximum Gasteiger partial charge on any atom is 0.121 e. The number of benzene rings is 1. The second-order valence-corrected chi connectivity index (χ2v) is 4.05. The molecular formula is C14H19NO2. The molecule has 0 aliphatic carbocycles. The average molecular weight is 233 g/mol. The molecule has 0 saturated carbocycles. The van der Waals surface area contributed by atoms with Crippen LogP contribution in [-0.4, -0.2) is 19.3 Å². The van der Waals surface area contributed by atoms with Crippen molar-refractivity contribution < 1.29 is 9.47 Å². The van der Waals surface area contributed by atoms with Crippen LogP contribution in [0.3, 0.4) is 0 Å². The molecule has 1 atom stereocenters. The lowest BCUT2D eigenvalue weighted by molar-refractivity contribution is 0.135. The van der Waals surface area contributed by atoms with Gasteiger partial charge in [-0.3, -0.25) is 0 Å². The van der Waals surface area contributed by atoms with Crippen molar-refractivity contribution >= 4 is 5.69 Å². The highest BCUT2D eigenvalue weighted by Gasteiger charge is 2.10.